The van der Waals surface area contributed by atoms with Gasteiger partial charge in [-0.1, -0.05) is 59.8 Å². The first-order valence-corrected chi connectivity index (χ1v) is 12.4. The summed E-state index contributed by atoms with van der Waals surface area (Å²) in [5.41, 5.74) is 2.59. The molecule has 1 heterocycles. The van der Waals surface area contributed by atoms with E-state index in [1.165, 1.54) is 0 Å². The summed E-state index contributed by atoms with van der Waals surface area (Å²) in [5, 5.41) is 11.4. The van der Waals surface area contributed by atoms with Crippen molar-refractivity contribution in [2.24, 2.45) is 0 Å². The van der Waals surface area contributed by atoms with Gasteiger partial charge in [0.1, 0.15) is 23.9 Å². The van der Waals surface area contributed by atoms with Crippen molar-refractivity contribution in [1.29, 1.82) is 0 Å². The largest absolute Gasteiger partial charge is 0.494 e. The molecule has 0 aliphatic rings. The Kier molecular flexibility index (Phi) is 7.86. The van der Waals surface area contributed by atoms with E-state index in [0.717, 1.165) is 11.1 Å². The zero-order valence-corrected chi connectivity index (χ0v) is 21.7. The summed E-state index contributed by atoms with van der Waals surface area (Å²) in [5.74, 6) is 0.197. The maximum atomic E-state index is 13.9. The van der Waals surface area contributed by atoms with Gasteiger partial charge in [0.05, 0.1) is 12.1 Å². The summed E-state index contributed by atoms with van der Waals surface area (Å²) in [4.78, 5) is 29.3. The fraction of sp³-hybridized carbons (Fsp3) is 0.310. The topological polar surface area (TPSA) is 89.4 Å². The quantitative estimate of drug-likeness (QED) is 0.366. The highest BCUT2D eigenvalue weighted by Gasteiger charge is 2.33. The van der Waals surface area contributed by atoms with Crippen LogP contribution in [0.4, 0.5) is 0 Å². The summed E-state index contributed by atoms with van der Waals surface area (Å²) >= 11 is 0. The molecule has 37 heavy (non-hydrogen) atoms. The van der Waals surface area contributed by atoms with E-state index in [2.05, 4.69) is 15.6 Å². The van der Waals surface area contributed by atoms with Crippen LogP contribution in [0.15, 0.2) is 78.9 Å². The molecule has 0 saturated heterocycles. The summed E-state index contributed by atoms with van der Waals surface area (Å²) in [6.07, 6.45) is 0. The van der Waals surface area contributed by atoms with E-state index in [1.54, 1.807) is 9.58 Å². The van der Waals surface area contributed by atoms with Gasteiger partial charge in [-0.3, -0.25) is 9.59 Å². The van der Waals surface area contributed by atoms with Gasteiger partial charge in [-0.2, -0.15) is 0 Å². The van der Waals surface area contributed by atoms with Gasteiger partial charge in [-0.15, -0.1) is 5.10 Å². The molecule has 0 aliphatic heterocycles. The molecule has 3 aromatic carbocycles. The molecule has 0 radical (unpaired) electrons. The van der Waals surface area contributed by atoms with Gasteiger partial charge in [0.2, 0.25) is 11.8 Å². The molecule has 0 saturated carbocycles. The number of benzene rings is 3. The molecule has 8 nitrogen and oxygen atoms in total. The second-order valence-corrected chi connectivity index (χ2v) is 9.89. The maximum absolute atomic E-state index is 13.9. The lowest BCUT2D eigenvalue weighted by molar-refractivity contribution is -0.142. The van der Waals surface area contributed by atoms with E-state index >= 15 is 0 Å². The fourth-order valence-corrected chi connectivity index (χ4v) is 4.18. The van der Waals surface area contributed by atoms with Crippen molar-refractivity contribution < 1.29 is 14.3 Å². The second kappa shape index (κ2) is 11.2. The van der Waals surface area contributed by atoms with E-state index < -0.39 is 11.6 Å². The molecule has 4 rings (SSSR count). The third-order valence-electron chi connectivity index (χ3n) is 5.79. The summed E-state index contributed by atoms with van der Waals surface area (Å²) in [6, 6.07) is 23.6. The minimum Gasteiger partial charge on any atom is -0.494 e. The molecule has 0 aliphatic carbocycles. The first-order chi connectivity index (χ1) is 17.7. The Labute approximate surface area is 217 Å². The van der Waals surface area contributed by atoms with Gasteiger partial charge in [0.25, 0.3) is 0 Å². The molecule has 8 heteroatoms. The lowest BCUT2D eigenvalue weighted by Gasteiger charge is -2.34. The smallest absolute Gasteiger partial charge is 0.247 e. The molecule has 1 N–H and O–H groups in total. The molecule has 0 spiro atoms. The van der Waals surface area contributed by atoms with E-state index in [4.69, 9.17) is 4.74 Å². The number of nitrogens with zero attached hydrogens (tertiary/aromatic N) is 4. The summed E-state index contributed by atoms with van der Waals surface area (Å²) < 4.78 is 7.17. The zero-order valence-electron chi connectivity index (χ0n) is 21.7. The molecule has 4 aromatic rings. The van der Waals surface area contributed by atoms with Gasteiger partial charge in [-0.05, 0) is 63.1 Å². The van der Waals surface area contributed by atoms with E-state index in [1.807, 2.05) is 107 Å². The third kappa shape index (κ3) is 6.52. The number of ether oxygens (including phenoxy) is 1. The Bertz CT molecular complexity index is 1340. The minimum atomic E-state index is -0.864. The average molecular weight is 500 g/mol. The average Bonchev–Trinajstić information content (AvgIpc) is 3.27. The Morgan fingerprint density at radius 1 is 0.973 bits per heavy atom. The number of carbonyl (C=O) groups excluding carboxylic acids is 2. The normalized spacial score (nSPS) is 12.2. The lowest BCUT2D eigenvalue weighted by atomic mass is 10.0. The summed E-state index contributed by atoms with van der Waals surface area (Å²) in [6.45, 7) is 8.42. The summed E-state index contributed by atoms with van der Waals surface area (Å²) in [7, 11) is 0. The van der Waals surface area contributed by atoms with Gasteiger partial charge >= 0.3 is 0 Å². The van der Waals surface area contributed by atoms with E-state index in [9.17, 15) is 9.59 Å². The monoisotopic (exact) mass is 499 g/mol. The standard InChI is InChI=1S/C29H33N5O3/c1-5-37-23-17-15-22(16-18-23)27(28(36)30-29(2,3)4)33(19-21-11-7-6-8-12-21)26(35)20-34-25-14-10-9-13-24(25)31-32-34/h6-18,27H,5,19-20H2,1-4H3,(H,30,36)/t27-/m1/s1. The van der Waals surface area contributed by atoms with Crippen molar-refractivity contribution in [2.75, 3.05) is 6.61 Å². The third-order valence-corrected chi connectivity index (χ3v) is 5.79. The van der Waals surface area contributed by atoms with E-state index in [-0.39, 0.29) is 24.9 Å². The number of amides is 2. The van der Waals surface area contributed by atoms with Crippen LogP contribution in [0.2, 0.25) is 0 Å². The maximum Gasteiger partial charge on any atom is 0.247 e. The molecule has 1 aromatic heterocycles. The van der Waals surface area contributed by atoms with Crippen LogP contribution >= 0.6 is 0 Å². The second-order valence-electron chi connectivity index (χ2n) is 9.89. The van der Waals surface area contributed by atoms with Crippen molar-refractivity contribution >= 4 is 22.8 Å². The highest BCUT2D eigenvalue weighted by atomic mass is 16.5. The minimum absolute atomic E-state index is 0.0519. The number of carbonyl (C=O) groups is 2. The van der Waals surface area contributed by atoms with Gasteiger partial charge < -0.3 is 15.0 Å². The molecular formula is C29H33N5O3. The molecule has 0 fully saturated rings. The Hall–Kier alpha value is -4.20. The number of hydrogen-bond acceptors (Lipinski definition) is 5. The van der Waals surface area contributed by atoms with Crippen LogP contribution in [0.1, 0.15) is 44.9 Å². The van der Waals surface area contributed by atoms with Gasteiger partial charge in [0.15, 0.2) is 0 Å². The zero-order chi connectivity index (χ0) is 26.4. The van der Waals surface area contributed by atoms with E-state index in [0.29, 0.717) is 23.4 Å². The number of hydrogen-bond donors (Lipinski definition) is 1. The Balaban J connectivity index is 1.75. The first kappa shape index (κ1) is 25.9. The predicted molar refractivity (Wildman–Crippen MR) is 143 cm³/mol. The molecule has 0 bridgehead atoms. The SMILES string of the molecule is CCOc1ccc([C@H](C(=O)NC(C)(C)C)N(Cc2ccccc2)C(=O)Cn2nnc3ccccc32)cc1. The number of aromatic nitrogens is 3. The fourth-order valence-electron chi connectivity index (χ4n) is 4.18. The Morgan fingerprint density at radius 2 is 1.65 bits per heavy atom. The predicted octanol–water partition coefficient (Wildman–Crippen LogP) is 4.51. The first-order valence-electron chi connectivity index (χ1n) is 12.4. The van der Waals surface area contributed by atoms with Crippen molar-refractivity contribution in [3.05, 3.63) is 90.0 Å². The van der Waals surface area contributed by atoms with Crippen LogP contribution in [0.3, 0.4) is 0 Å². The van der Waals surface area contributed by atoms with Crippen LogP contribution in [0, 0.1) is 0 Å². The Morgan fingerprint density at radius 3 is 2.32 bits per heavy atom. The molecule has 2 amide bonds. The number of fused-ring (bicyclic) bond motifs is 1. The number of nitrogens with one attached hydrogen (secondary N) is 1. The van der Waals surface area contributed by atoms with Crippen LogP contribution in [0.5, 0.6) is 5.75 Å². The van der Waals surface area contributed by atoms with Crippen molar-refractivity contribution in [2.45, 2.75) is 52.4 Å². The van der Waals surface area contributed by atoms with Gasteiger partial charge in [-0.25, -0.2) is 4.68 Å². The number of para-hydroxylation sites is 1. The van der Waals surface area contributed by atoms with Crippen LogP contribution < -0.4 is 10.1 Å². The highest BCUT2D eigenvalue weighted by Crippen LogP contribution is 2.27. The molecule has 192 valence electrons. The van der Waals surface area contributed by atoms with Crippen molar-refractivity contribution in [1.82, 2.24) is 25.2 Å². The highest BCUT2D eigenvalue weighted by molar-refractivity contribution is 5.89. The molecular weight excluding hydrogens is 466 g/mol. The van der Waals surface area contributed by atoms with Crippen LogP contribution in [0.25, 0.3) is 11.0 Å². The lowest BCUT2D eigenvalue weighted by Crippen LogP contribution is -2.49. The van der Waals surface area contributed by atoms with Crippen LogP contribution in [-0.2, 0) is 22.7 Å². The molecule has 1 atom stereocenters. The van der Waals surface area contributed by atoms with Gasteiger partial charge in [0, 0.05) is 12.1 Å². The van der Waals surface area contributed by atoms with Crippen LogP contribution in [-0.4, -0.2) is 43.9 Å². The van der Waals surface area contributed by atoms with Crippen molar-refractivity contribution in [3.63, 3.8) is 0 Å². The van der Waals surface area contributed by atoms with Crippen molar-refractivity contribution in [3.8, 4) is 5.75 Å². The molecule has 0 unspecified atom stereocenters. The number of rotatable bonds is 9.